The van der Waals surface area contributed by atoms with Crippen LogP contribution in [-0.4, -0.2) is 16.1 Å². The number of hydrogen-bond acceptors (Lipinski definition) is 2. The minimum absolute atomic E-state index is 0.208. The van der Waals surface area contributed by atoms with E-state index < -0.39 is 0 Å². The van der Waals surface area contributed by atoms with E-state index in [0.29, 0.717) is 0 Å². The molecule has 21 heavy (non-hydrogen) atoms. The third-order valence-electron chi connectivity index (χ3n) is 3.84. The van der Waals surface area contributed by atoms with E-state index in [0.717, 1.165) is 38.2 Å². The average Bonchev–Trinajstić information content (AvgIpc) is 2.86. The van der Waals surface area contributed by atoms with Gasteiger partial charge in [0.15, 0.2) is 0 Å². The Balaban J connectivity index is 2.03. The molecule has 0 fully saturated rings. The topological polar surface area (TPSA) is 43.8 Å². The average molecular weight is 285 g/mol. The Hall–Kier alpha value is -1.61. The van der Waals surface area contributed by atoms with Crippen molar-refractivity contribution in [3.8, 4) is 0 Å². The molecule has 3 heteroatoms. The molecule has 0 spiro atoms. The fourth-order valence-corrected chi connectivity index (χ4v) is 2.44. The summed E-state index contributed by atoms with van der Waals surface area (Å²) in [4.78, 5) is 4.49. The third-order valence-corrected chi connectivity index (χ3v) is 3.84. The lowest BCUT2D eigenvalue weighted by Gasteiger charge is -2.19. The van der Waals surface area contributed by atoms with Gasteiger partial charge in [0, 0.05) is 25.4 Å². The second-order valence-corrected chi connectivity index (χ2v) is 6.66. The van der Waals surface area contributed by atoms with E-state index in [9.17, 15) is 0 Å². The Morgan fingerprint density at radius 1 is 1.10 bits per heavy atom. The largest absolute Gasteiger partial charge is 0.335 e. The van der Waals surface area contributed by atoms with Gasteiger partial charge in [-0.2, -0.15) is 0 Å². The van der Waals surface area contributed by atoms with E-state index >= 15 is 0 Å². The van der Waals surface area contributed by atoms with E-state index in [1.54, 1.807) is 0 Å². The van der Waals surface area contributed by atoms with Crippen LogP contribution in [0.2, 0.25) is 0 Å². The number of hydrogen-bond donors (Lipinski definition) is 1. The van der Waals surface area contributed by atoms with Crippen molar-refractivity contribution in [2.75, 3.05) is 6.54 Å². The molecule has 1 heterocycles. The lowest BCUT2D eigenvalue weighted by Crippen LogP contribution is -2.11. The summed E-state index contributed by atoms with van der Waals surface area (Å²) in [5, 5.41) is 0. The van der Waals surface area contributed by atoms with E-state index in [1.165, 1.54) is 11.1 Å². The van der Waals surface area contributed by atoms with E-state index in [-0.39, 0.29) is 5.41 Å². The summed E-state index contributed by atoms with van der Waals surface area (Å²) < 4.78 is 2.24. The van der Waals surface area contributed by atoms with Crippen molar-refractivity contribution in [3.63, 3.8) is 0 Å². The van der Waals surface area contributed by atoms with Gasteiger partial charge in [0.25, 0.3) is 0 Å². The highest BCUT2D eigenvalue weighted by Crippen LogP contribution is 2.22. The lowest BCUT2D eigenvalue weighted by atomic mass is 9.86. The van der Waals surface area contributed by atoms with Crippen LogP contribution in [0.4, 0.5) is 0 Å². The Morgan fingerprint density at radius 3 is 2.43 bits per heavy atom. The van der Waals surface area contributed by atoms with Gasteiger partial charge in [-0.1, -0.05) is 45.0 Å². The molecule has 0 bridgehead atoms. The van der Waals surface area contributed by atoms with Gasteiger partial charge in [0.1, 0.15) is 5.82 Å². The van der Waals surface area contributed by atoms with Gasteiger partial charge in [-0.3, -0.25) is 0 Å². The minimum atomic E-state index is 0.208. The summed E-state index contributed by atoms with van der Waals surface area (Å²) in [6.45, 7) is 8.50. The first-order chi connectivity index (χ1) is 10.0. The fourth-order valence-electron chi connectivity index (χ4n) is 2.44. The SMILES string of the molecule is CC(C)(C)c1ccc(Cc2nccn2CCCCN)cc1. The van der Waals surface area contributed by atoms with Crippen molar-refractivity contribution in [3.05, 3.63) is 53.6 Å². The molecule has 1 aromatic carbocycles. The van der Waals surface area contributed by atoms with Crippen molar-refractivity contribution in [2.24, 2.45) is 5.73 Å². The van der Waals surface area contributed by atoms with Crippen molar-refractivity contribution >= 4 is 0 Å². The maximum absolute atomic E-state index is 5.55. The normalized spacial score (nSPS) is 11.8. The van der Waals surface area contributed by atoms with Crippen LogP contribution in [0, 0.1) is 0 Å². The van der Waals surface area contributed by atoms with Crippen LogP contribution in [0.25, 0.3) is 0 Å². The van der Waals surface area contributed by atoms with Crippen molar-refractivity contribution < 1.29 is 0 Å². The number of aryl methyl sites for hydroxylation is 1. The molecule has 0 amide bonds. The Labute approximate surface area is 128 Å². The molecule has 2 aromatic rings. The van der Waals surface area contributed by atoms with E-state index in [1.807, 2.05) is 6.20 Å². The van der Waals surface area contributed by atoms with Crippen LogP contribution in [0.1, 0.15) is 50.6 Å². The molecule has 0 radical (unpaired) electrons. The zero-order chi connectivity index (χ0) is 15.3. The van der Waals surface area contributed by atoms with Crippen LogP contribution in [0.3, 0.4) is 0 Å². The molecule has 1 aromatic heterocycles. The van der Waals surface area contributed by atoms with Crippen molar-refractivity contribution in [2.45, 2.75) is 52.0 Å². The third kappa shape index (κ3) is 4.43. The van der Waals surface area contributed by atoms with E-state index in [4.69, 9.17) is 5.73 Å². The van der Waals surface area contributed by atoms with Crippen LogP contribution in [0.5, 0.6) is 0 Å². The summed E-state index contributed by atoms with van der Waals surface area (Å²) in [6.07, 6.45) is 7.03. The van der Waals surface area contributed by atoms with Crippen LogP contribution < -0.4 is 5.73 Å². The first-order valence-electron chi connectivity index (χ1n) is 7.80. The lowest BCUT2D eigenvalue weighted by molar-refractivity contribution is 0.589. The van der Waals surface area contributed by atoms with Crippen LogP contribution in [0.15, 0.2) is 36.7 Å². The number of imidazole rings is 1. The first kappa shape index (κ1) is 15.8. The molecular weight excluding hydrogens is 258 g/mol. The summed E-state index contributed by atoms with van der Waals surface area (Å²) in [7, 11) is 0. The summed E-state index contributed by atoms with van der Waals surface area (Å²) in [5.41, 5.74) is 8.45. The molecule has 2 rings (SSSR count). The monoisotopic (exact) mass is 285 g/mol. The molecule has 0 unspecified atom stereocenters. The second-order valence-electron chi connectivity index (χ2n) is 6.66. The number of unbranched alkanes of at least 4 members (excludes halogenated alkanes) is 1. The number of nitrogens with zero attached hydrogens (tertiary/aromatic N) is 2. The quantitative estimate of drug-likeness (QED) is 0.825. The fraction of sp³-hybridized carbons (Fsp3) is 0.500. The van der Waals surface area contributed by atoms with Crippen LogP contribution in [-0.2, 0) is 18.4 Å². The number of nitrogens with two attached hydrogens (primary N) is 1. The maximum Gasteiger partial charge on any atom is 0.113 e. The molecule has 0 aliphatic heterocycles. The molecule has 0 aliphatic carbocycles. The van der Waals surface area contributed by atoms with Gasteiger partial charge < -0.3 is 10.3 Å². The smallest absolute Gasteiger partial charge is 0.113 e. The van der Waals surface area contributed by atoms with E-state index in [2.05, 4.69) is 60.8 Å². The van der Waals surface area contributed by atoms with Gasteiger partial charge in [0.2, 0.25) is 0 Å². The second kappa shape index (κ2) is 6.90. The molecule has 114 valence electrons. The predicted molar refractivity (Wildman–Crippen MR) is 88.5 cm³/mol. The number of rotatable bonds is 6. The van der Waals surface area contributed by atoms with Gasteiger partial charge >= 0.3 is 0 Å². The Kier molecular flexibility index (Phi) is 5.18. The Bertz CT molecular complexity index is 547. The van der Waals surface area contributed by atoms with Gasteiger partial charge in [-0.15, -0.1) is 0 Å². The van der Waals surface area contributed by atoms with Crippen molar-refractivity contribution in [1.29, 1.82) is 0 Å². The zero-order valence-corrected chi connectivity index (χ0v) is 13.5. The molecule has 3 nitrogen and oxygen atoms in total. The molecule has 0 saturated heterocycles. The molecule has 2 N–H and O–H groups in total. The summed E-state index contributed by atoms with van der Waals surface area (Å²) in [6, 6.07) is 8.91. The van der Waals surface area contributed by atoms with Crippen molar-refractivity contribution in [1.82, 2.24) is 9.55 Å². The molecular formula is C18H27N3. The summed E-state index contributed by atoms with van der Waals surface area (Å²) >= 11 is 0. The van der Waals surface area contributed by atoms with Gasteiger partial charge in [-0.05, 0) is 35.9 Å². The number of benzene rings is 1. The summed E-state index contributed by atoms with van der Waals surface area (Å²) in [5.74, 6) is 1.13. The zero-order valence-electron chi connectivity index (χ0n) is 13.5. The highest BCUT2D eigenvalue weighted by atomic mass is 15.1. The maximum atomic E-state index is 5.55. The molecule has 0 aliphatic rings. The minimum Gasteiger partial charge on any atom is -0.335 e. The molecule has 0 atom stereocenters. The highest BCUT2D eigenvalue weighted by Gasteiger charge is 2.13. The number of aromatic nitrogens is 2. The van der Waals surface area contributed by atoms with Gasteiger partial charge in [0.05, 0.1) is 0 Å². The first-order valence-corrected chi connectivity index (χ1v) is 7.80. The predicted octanol–water partition coefficient (Wildman–Crippen LogP) is 3.51. The standard InChI is InChI=1S/C18H27N3/c1-18(2,3)16-8-6-15(7-9-16)14-17-20-11-13-21(17)12-5-4-10-19/h6-9,11,13H,4-5,10,12,14,19H2,1-3H3. The highest BCUT2D eigenvalue weighted by molar-refractivity contribution is 5.29. The Morgan fingerprint density at radius 2 is 1.81 bits per heavy atom. The van der Waals surface area contributed by atoms with Gasteiger partial charge in [-0.25, -0.2) is 4.98 Å². The van der Waals surface area contributed by atoms with Crippen LogP contribution >= 0.6 is 0 Å². The molecule has 0 saturated carbocycles.